The summed E-state index contributed by atoms with van der Waals surface area (Å²) in [6.45, 7) is 0.156. The van der Waals surface area contributed by atoms with Gasteiger partial charge in [-0.05, 0) is 53.7 Å². The minimum atomic E-state index is -0.486. The monoisotopic (exact) mass is 431 g/mol. The first-order chi connectivity index (χ1) is 14.2. The van der Waals surface area contributed by atoms with Crippen LogP contribution in [0.3, 0.4) is 0 Å². The molecule has 0 aliphatic carbocycles. The van der Waals surface area contributed by atoms with E-state index in [4.69, 9.17) is 9.47 Å². The lowest BCUT2D eigenvalue weighted by atomic mass is 10.1. The number of esters is 1. The van der Waals surface area contributed by atoms with Gasteiger partial charge in [0.25, 0.3) is 5.91 Å². The summed E-state index contributed by atoms with van der Waals surface area (Å²) < 4.78 is 10.9. The number of para-hydroxylation sites is 1. The van der Waals surface area contributed by atoms with Crippen molar-refractivity contribution in [2.75, 3.05) is 31.8 Å². The molecule has 2 aromatic carbocycles. The average Bonchev–Trinajstić information content (AvgIpc) is 2.78. The first-order valence-electron chi connectivity index (χ1n) is 9.56. The summed E-state index contributed by atoms with van der Waals surface area (Å²) in [7, 11) is 1.62. The number of methoxy groups -OCH3 is 1. The molecule has 0 atom stereocenters. The second kappa shape index (κ2) is 11.2. The highest BCUT2D eigenvalue weighted by Gasteiger charge is 2.17. The molecule has 0 aromatic heterocycles. The maximum absolute atomic E-state index is 12.2. The molecule has 0 saturated carbocycles. The zero-order valence-electron chi connectivity index (χ0n) is 16.4. The quantitative estimate of drug-likeness (QED) is 0.636. The molecule has 2 aromatic rings. The predicted octanol–water partition coefficient (Wildman–Crippen LogP) is 4.08. The average molecular weight is 432 g/mol. The Balaban J connectivity index is 1.41. The van der Waals surface area contributed by atoms with E-state index in [0.717, 1.165) is 11.3 Å². The van der Waals surface area contributed by atoms with Crippen LogP contribution in [-0.4, -0.2) is 43.6 Å². The molecule has 3 rings (SSSR count). The zero-order valence-corrected chi connectivity index (χ0v) is 18.0. The van der Waals surface area contributed by atoms with E-state index in [2.05, 4.69) is 5.32 Å². The second-order valence-corrected chi connectivity index (χ2v) is 9.26. The molecule has 1 aliphatic rings. The highest BCUT2D eigenvalue weighted by Crippen LogP contribution is 2.43. The smallest absolute Gasteiger partial charge is 0.338 e. The van der Waals surface area contributed by atoms with Crippen LogP contribution in [0.4, 0.5) is 0 Å². The molecule has 5 nitrogen and oxygen atoms in total. The number of benzene rings is 2. The molecule has 0 radical (unpaired) electrons. The van der Waals surface area contributed by atoms with E-state index in [-0.39, 0.29) is 12.5 Å². The predicted molar refractivity (Wildman–Crippen MR) is 119 cm³/mol. The lowest BCUT2D eigenvalue weighted by Gasteiger charge is -2.21. The number of carbonyl (C=O) groups is 2. The van der Waals surface area contributed by atoms with E-state index in [1.54, 1.807) is 19.2 Å². The maximum Gasteiger partial charge on any atom is 0.338 e. The van der Waals surface area contributed by atoms with Gasteiger partial charge in [-0.15, -0.1) is 23.5 Å². The highest BCUT2D eigenvalue weighted by atomic mass is 32.2. The summed E-state index contributed by atoms with van der Waals surface area (Å²) in [4.78, 5) is 24.1. The summed E-state index contributed by atoms with van der Waals surface area (Å²) in [5.41, 5.74) is 2.69. The fraction of sp³-hybridized carbons (Fsp3) is 0.364. The van der Waals surface area contributed by atoms with Crippen LogP contribution in [0.15, 0.2) is 48.5 Å². The van der Waals surface area contributed by atoms with Gasteiger partial charge in [0.2, 0.25) is 0 Å². The van der Waals surface area contributed by atoms with Crippen molar-refractivity contribution in [1.82, 2.24) is 5.32 Å². The topological polar surface area (TPSA) is 64.6 Å². The van der Waals surface area contributed by atoms with Crippen molar-refractivity contribution in [2.45, 2.75) is 17.4 Å². The van der Waals surface area contributed by atoms with E-state index in [1.807, 2.05) is 59.9 Å². The van der Waals surface area contributed by atoms with Gasteiger partial charge in [0.15, 0.2) is 6.61 Å². The molecule has 0 spiro atoms. The van der Waals surface area contributed by atoms with E-state index >= 15 is 0 Å². The van der Waals surface area contributed by atoms with Crippen molar-refractivity contribution in [3.63, 3.8) is 0 Å². The Morgan fingerprint density at radius 3 is 2.52 bits per heavy atom. The van der Waals surface area contributed by atoms with Crippen LogP contribution >= 0.6 is 23.5 Å². The fourth-order valence-electron chi connectivity index (χ4n) is 2.97. The van der Waals surface area contributed by atoms with Gasteiger partial charge in [-0.1, -0.05) is 30.3 Å². The first-order valence-corrected chi connectivity index (χ1v) is 11.7. The van der Waals surface area contributed by atoms with Gasteiger partial charge in [0.1, 0.15) is 5.75 Å². The van der Waals surface area contributed by atoms with Crippen LogP contribution in [0.1, 0.15) is 32.5 Å². The molecule has 29 heavy (non-hydrogen) atoms. The van der Waals surface area contributed by atoms with Crippen LogP contribution < -0.4 is 10.1 Å². The fourth-order valence-corrected chi connectivity index (χ4v) is 5.86. The number of amides is 1. The Labute approximate surface area is 179 Å². The third-order valence-corrected chi connectivity index (χ3v) is 7.50. The first kappa shape index (κ1) is 21.6. The van der Waals surface area contributed by atoms with E-state index in [0.29, 0.717) is 23.1 Å². The third-order valence-electron chi connectivity index (χ3n) is 4.49. The Bertz CT molecular complexity index is 820. The lowest BCUT2D eigenvalue weighted by Crippen LogP contribution is -2.30. The van der Waals surface area contributed by atoms with Gasteiger partial charge in [0.05, 0.1) is 17.3 Å². The molecule has 1 aliphatic heterocycles. The van der Waals surface area contributed by atoms with Crippen LogP contribution in [0.5, 0.6) is 5.75 Å². The number of hydrogen-bond donors (Lipinski definition) is 1. The largest absolute Gasteiger partial charge is 0.496 e. The van der Waals surface area contributed by atoms with E-state index in [9.17, 15) is 9.59 Å². The second-order valence-electron chi connectivity index (χ2n) is 6.54. The molecule has 1 fully saturated rings. The Hall–Kier alpha value is -2.12. The third kappa shape index (κ3) is 6.44. The number of carbonyl (C=O) groups excluding carboxylic acids is 2. The van der Waals surface area contributed by atoms with Crippen molar-refractivity contribution in [2.24, 2.45) is 0 Å². The zero-order chi connectivity index (χ0) is 20.5. The number of hydrogen-bond acceptors (Lipinski definition) is 6. The number of nitrogens with one attached hydrogen (secondary N) is 1. The van der Waals surface area contributed by atoms with Gasteiger partial charge in [-0.25, -0.2) is 4.79 Å². The minimum absolute atomic E-state index is 0.291. The van der Waals surface area contributed by atoms with Crippen LogP contribution in [-0.2, 0) is 16.0 Å². The molecule has 0 bridgehead atoms. The van der Waals surface area contributed by atoms with Gasteiger partial charge < -0.3 is 14.8 Å². The SMILES string of the molecule is COc1ccccc1CCNC(=O)COC(=O)c1ccc(C2SCCCS2)cc1. The molecule has 1 heterocycles. The molecule has 7 heteroatoms. The Kier molecular flexibility index (Phi) is 8.31. The summed E-state index contributed by atoms with van der Waals surface area (Å²) in [5.74, 6) is 2.34. The van der Waals surface area contributed by atoms with Crippen molar-refractivity contribution in [1.29, 1.82) is 0 Å². The van der Waals surface area contributed by atoms with Crippen molar-refractivity contribution < 1.29 is 19.1 Å². The molecule has 1 saturated heterocycles. The van der Waals surface area contributed by atoms with Crippen LogP contribution in [0.2, 0.25) is 0 Å². The maximum atomic E-state index is 12.2. The van der Waals surface area contributed by atoms with Gasteiger partial charge in [-0.3, -0.25) is 4.79 Å². The lowest BCUT2D eigenvalue weighted by molar-refractivity contribution is -0.124. The van der Waals surface area contributed by atoms with Gasteiger partial charge in [-0.2, -0.15) is 0 Å². The summed E-state index contributed by atoms with van der Waals surface area (Å²) in [5, 5.41) is 2.76. The van der Waals surface area contributed by atoms with Crippen LogP contribution in [0, 0.1) is 0 Å². The minimum Gasteiger partial charge on any atom is -0.496 e. The number of rotatable bonds is 8. The van der Waals surface area contributed by atoms with Crippen molar-refractivity contribution >= 4 is 35.4 Å². The molecule has 0 unspecified atom stereocenters. The number of thioether (sulfide) groups is 2. The van der Waals surface area contributed by atoms with Gasteiger partial charge >= 0.3 is 5.97 Å². The number of ether oxygens (including phenoxy) is 2. The van der Waals surface area contributed by atoms with Gasteiger partial charge in [0, 0.05) is 6.54 Å². The van der Waals surface area contributed by atoms with E-state index < -0.39 is 5.97 Å². The summed E-state index contributed by atoms with van der Waals surface area (Å²) in [6, 6.07) is 15.2. The Morgan fingerprint density at radius 2 is 1.79 bits per heavy atom. The standard InChI is InChI=1S/C22H25NO4S2/c1-26-19-6-3-2-5-16(19)11-12-23-20(24)15-27-21(25)17-7-9-18(10-8-17)22-28-13-4-14-29-22/h2-3,5-10,22H,4,11-15H2,1H3,(H,23,24). The summed E-state index contributed by atoms with van der Waals surface area (Å²) in [6.07, 6.45) is 1.89. The molecular weight excluding hydrogens is 406 g/mol. The summed E-state index contributed by atoms with van der Waals surface area (Å²) >= 11 is 3.88. The molecule has 154 valence electrons. The van der Waals surface area contributed by atoms with E-state index in [1.165, 1.54) is 23.5 Å². The molecule has 1 N–H and O–H groups in total. The Morgan fingerprint density at radius 1 is 1.07 bits per heavy atom. The van der Waals surface area contributed by atoms with Crippen molar-refractivity contribution in [3.8, 4) is 5.75 Å². The van der Waals surface area contributed by atoms with Crippen molar-refractivity contribution in [3.05, 3.63) is 65.2 Å². The molecule has 1 amide bonds. The van der Waals surface area contributed by atoms with Crippen LogP contribution in [0.25, 0.3) is 0 Å². The normalized spacial score (nSPS) is 14.2. The highest BCUT2D eigenvalue weighted by molar-refractivity contribution is 8.16. The molecular formula is C22H25NO4S2.